The Morgan fingerprint density at radius 1 is 1.53 bits per heavy atom. The van der Waals surface area contributed by atoms with Gasteiger partial charge in [0, 0.05) is 18.1 Å². The molecule has 0 amide bonds. The standard InChI is InChI=1S/C14H17ClN2O2/c15-12-4-3-11(9-16)14(8-12)17-5-1-2-13(10-17)19-7-6-18/h3-4,8,13,18H,1-2,5-7,10H2. The molecular formula is C14H17ClN2O2. The molecule has 1 N–H and O–H groups in total. The Morgan fingerprint density at radius 3 is 3.11 bits per heavy atom. The van der Waals surface area contributed by atoms with E-state index in [-0.39, 0.29) is 12.7 Å². The van der Waals surface area contributed by atoms with Crippen LogP contribution in [-0.2, 0) is 4.74 Å². The molecule has 1 saturated heterocycles. The first-order valence-electron chi connectivity index (χ1n) is 6.41. The van der Waals surface area contributed by atoms with Gasteiger partial charge in [0.25, 0.3) is 0 Å². The molecular weight excluding hydrogens is 264 g/mol. The van der Waals surface area contributed by atoms with Crippen molar-refractivity contribution in [1.82, 2.24) is 0 Å². The van der Waals surface area contributed by atoms with Gasteiger partial charge in [0.1, 0.15) is 6.07 Å². The second kappa shape index (κ2) is 6.76. The Hall–Kier alpha value is -1.28. The molecule has 5 heteroatoms. The first kappa shape index (κ1) is 14.1. The van der Waals surface area contributed by atoms with Crippen LogP contribution in [0.1, 0.15) is 18.4 Å². The Kier molecular flexibility index (Phi) is 5.03. The highest BCUT2D eigenvalue weighted by Gasteiger charge is 2.22. The molecule has 1 fully saturated rings. The highest BCUT2D eigenvalue weighted by atomic mass is 35.5. The van der Waals surface area contributed by atoms with Gasteiger partial charge in [0.2, 0.25) is 0 Å². The van der Waals surface area contributed by atoms with Gasteiger partial charge in [0.15, 0.2) is 0 Å². The molecule has 1 aliphatic rings. The molecule has 1 heterocycles. The van der Waals surface area contributed by atoms with Gasteiger partial charge in [0.05, 0.1) is 30.6 Å². The lowest BCUT2D eigenvalue weighted by Gasteiger charge is -2.34. The number of aliphatic hydroxyl groups is 1. The third-order valence-corrected chi connectivity index (χ3v) is 3.48. The van der Waals surface area contributed by atoms with E-state index in [0.29, 0.717) is 17.2 Å². The maximum atomic E-state index is 9.16. The minimum absolute atomic E-state index is 0.0388. The van der Waals surface area contributed by atoms with E-state index in [0.717, 1.165) is 31.6 Å². The average Bonchev–Trinajstić information content (AvgIpc) is 2.45. The largest absolute Gasteiger partial charge is 0.394 e. The van der Waals surface area contributed by atoms with E-state index < -0.39 is 0 Å². The van der Waals surface area contributed by atoms with Crippen LogP contribution in [0.4, 0.5) is 5.69 Å². The summed E-state index contributed by atoms with van der Waals surface area (Å²) in [6.45, 7) is 2.03. The van der Waals surface area contributed by atoms with Gasteiger partial charge in [-0.3, -0.25) is 0 Å². The SMILES string of the molecule is N#Cc1ccc(Cl)cc1N1CCCC(OCCO)C1. The van der Waals surface area contributed by atoms with Crippen molar-refractivity contribution in [3.63, 3.8) is 0 Å². The van der Waals surface area contributed by atoms with Crippen molar-refractivity contribution < 1.29 is 9.84 Å². The summed E-state index contributed by atoms with van der Waals surface area (Å²) in [7, 11) is 0. The monoisotopic (exact) mass is 280 g/mol. The fraction of sp³-hybridized carbons (Fsp3) is 0.500. The number of nitrogens with zero attached hydrogens (tertiary/aromatic N) is 2. The van der Waals surface area contributed by atoms with Crippen LogP contribution in [0.15, 0.2) is 18.2 Å². The van der Waals surface area contributed by atoms with Crippen LogP contribution in [0.25, 0.3) is 0 Å². The number of piperidine rings is 1. The molecule has 0 aromatic heterocycles. The number of benzene rings is 1. The molecule has 4 nitrogen and oxygen atoms in total. The van der Waals surface area contributed by atoms with Gasteiger partial charge < -0.3 is 14.7 Å². The third-order valence-electron chi connectivity index (χ3n) is 3.24. The van der Waals surface area contributed by atoms with Crippen molar-refractivity contribution in [3.8, 4) is 6.07 Å². The van der Waals surface area contributed by atoms with Crippen molar-refractivity contribution in [2.24, 2.45) is 0 Å². The predicted octanol–water partition coefficient (Wildman–Crippen LogP) is 2.19. The Morgan fingerprint density at radius 2 is 2.37 bits per heavy atom. The number of aliphatic hydroxyl groups excluding tert-OH is 1. The molecule has 1 aromatic carbocycles. The second-order valence-corrected chi connectivity index (χ2v) is 5.01. The number of nitriles is 1. The predicted molar refractivity (Wildman–Crippen MR) is 74.4 cm³/mol. The number of ether oxygens (including phenoxy) is 1. The molecule has 1 aliphatic heterocycles. The highest BCUT2D eigenvalue weighted by molar-refractivity contribution is 6.30. The Labute approximate surface area is 118 Å². The van der Waals surface area contributed by atoms with Crippen molar-refractivity contribution >= 4 is 17.3 Å². The molecule has 0 aliphatic carbocycles. The van der Waals surface area contributed by atoms with Crippen LogP contribution in [-0.4, -0.2) is 37.5 Å². The van der Waals surface area contributed by atoms with Gasteiger partial charge in [-0.25, -0.2) is 0 Å². The molecule has 1 atom stereocenters. The van der Waals surface area contributed by atoms with Crippen LogP contribution in [0.2, 0.25) is 5.02 Å². The molecule has 102 valence electrons. The normalized spacial score (nSPS) is 19.2. The highest BCUT2D eigenvalue weighted by Crippen LogP contribution is 2.27. The maximum Gasteiger partial charge on any atom is 0.101 e. The molecule has 1 aromatic rings. The van der Waals surface area contributed by atoms with Gasteiger partial charge >= 0.3 is 0 Å². The van der Waals surface area contributed by atoms with E-state index in [1.54, 1.807) is 12.1 Å². The van der Waals surface area contributed by atoms with E-state index in [1.807, 2.05) is 6.07 Å². The first-order chi connectivity index (χ1) is 9.24. The Balaban J connectivity index is 2.13. The quantitative estimate of drug-likeness (QED) is 0.918. The summed E-state index contributed by atoms with van der Waals surface area (Å²) in [5.41, 5.74) is 1.50. The van der Waals surface area contributed by atoms with Crippen LogP contribution in [0.3, 0.4) is 0 Å². The Bertz CT molecular complexity index is 473. The molecule has 0 spiro atoms. The lowest BCUT2D eigenvalue weighted by atomic mass is 10.1. The summed E-state index contributed by atoms with van der Waals surface area (Å²) < 4.78 is 5.58. The second-order valence-electron chi connectivity index (χ2n) is 4.58. The number of halogens is 1. The molecule has 19 heavy (non-hydrogen) atoms. The fourth-order valence-corrected chi connectivity index (χ4v) is 2.54. The van der Waals surface area contributed by atoms with Gasteiger partial charge in [-0.1, -0.05) is 11.6 Å². The van der Waals surface area contributed by atoms with Crippen LogP contribution >= 0.6 is 11.6 Å². The van der Waals surface area contributed by atoms with Crippen LogP contribution in [0.5, 0.6) is 0 Å². The van der Waals surface area contributed by atoms with Crippen molar-refractivity contribution in [3.05, 3.63) is 28.8 Å². The average molecular weight is 281 g/mol. The van der Waals surface area contributed by atoms with Crippen molar-refractivity contribution in [2.45, 2.75) is 18.9 Å². The summed E-state index contributed by atoms with van der Waals surface area (Å²) >= 11 is 6.01. The van der Waals surface area contributed by atoms with E-state index >= 15 is 0 Å². The zero-order chi connectivity index (χ0) is 13.7. The summed E-state index contributed by atoms with van der Waals surface area (Å²) in [5, 5.41) is 18.6. The van der Waals surface area contributed by atoms with E-state index in [4.69, 9.17) is 26.7 Å². The topological polar surface area (TPSA) is 56.5 Å². The summed E-state index contributed by atoms with van der Waals surface area (Å²) in [5.74, 6) is 0. The summed E-state index contributed by atoms with van der Waals surface area (Å²) in [6, 6.07) is 7.50. The fourth-order valence-electron chi connectivity index (χ4n) is 2.37. The van der Waals surface area contributed by atoms with Crippen molar-refractivity contribution in [1.29, 1.82) is 5.26 Å². The smallest absolute Gasteiger partial charge is 0.101 e. The third kappa shape index (κ3) is 3.60. The van der Waals surface area contributed by atoms with E-state index in [1.165, 1.54) is 0 Å². The van der Waals surface area contributed by atoms with Gasteiger partial charge in [-0.2, -0.15) is 5.26 Å². The van der Waals surface area contributed by atoms with E-state index in [9.17, 15) is 0 Å². The number of hydrogen-bond acceptors (Lipinski definition) is 4. The molecule has 0 bridgehead atoms. The summed E-state index contributed by atoms with van der Waals surface area (Å²) in [6.07, 6.45) is 2.10. The zero-order valence-electron chi connectivity index (χ0n) is 10.7. The van der Waals surface area contributed by atoms with Crippen molar-refractivity contribution in [2.75, 3.05) is 31.2 Å². The van der Waals surface area contributed by atoms with Crippen LogP contribution in [0, 0.1) is 11.3 Å². The first-order valence-corrected chi connectivity index (χ1v) is 6.79. The number of anilines is 1. The minimum Gasteiger partial charge on any atom is -0.394 e. The van der Waals surface area contributed by atoms with Crippen LogP contribution < -0.4 is 4.90 Å². The van der Waals surface area contributed by atoms with E-state index in [2.05, 4.69) is 11.0 Å². The molecule has 0 radical (unpaired) electrons. The molecule has 0 saturated carbocycles. The summed E-state index contributed by atoms with van der Waals surface area (Å²) in [4.78, 5) is 2.13. The zero-order valence-corrected chi connectivity index (χ0v) is 11.4. The minimum atomic E-state index is 0.0388. The maximum absolute atomic E-state index is 9.16. The lowest BCUT2D eigenvalue weighted by Crippen LogP contribution is -2.40. The van der Waals surface area contributed by atoms with Gasteiger partial charge in [-0.15, -0.1) is 0 Å². The van der Waals surface area contributed by atoms with Gasteiger partial charge in [-0.05, 0) is 31.0 Å². The molecule has 1 unspecified atom stereocenters. The number of rotatable bonds is 4. The molecule has 2 rings (SSSR count). The number of hydrogen-bond donors (Lipinski definition) is 1. The lowest BCUT2D eigenvalue weighted by molar-refractivity contribution is 0.0214.